The number of H-pyrrole nitrogens is 1. The van der Waals surface area contributed by atoms with E-state index in [9.17, 15) is 0 Å². The highest BCUT2D eigenvalue weighted by molar-refractivity contribution is 7.99. The number of benzene rings is 1. The lowest BCUT2D eigenvalue weighted by molar-refractivity contribution is 0.590. The van der Waals surface area contributed by atoms with E-state index in [1.165, 1.54) is 5.56 Å². The van der Waals surface area contributed by atoms with Gasteiger partial charge in [-0.05, 0) is 34.7 Å². The lowest BCUT2D eigenvalue weighted by Crippen LogP contribution is -2.10. The van der Waals surface area contributed by atoms with Gasteiger partial charge in [-0.3, -0.25) is 0 Å². The Morgan fingerprint density at radius 2 is 1.81 bits per heavy atom. The average molecular weight is 319 g/mol. The van der Waals surface area contributed by atoms with Crippen LogP contribution in [0.25, 0.3) is 11.2 Å². The maximum absolute atomic E-state index is 5.94. The van der Waals surface area contributed by atoms with E-state index < -0.39 is 0 Å². The Kier molecular flexibility index (Phi) is 3.63. The van der Waals surface area contributed by atoms with Gasteiger partial charge in [-0.2, -0.15) is 4.98 Å². The van der Waals surface area contributed by atoms with E-state index in [0.29, 0.717) is 5.65 Å². The molecule has 21 heavy (non-hydrogen) atoms. The van der Waals surface area contributed by atoms with Crippen LogP contribution < -0.4 is 0 Å². The maximum Gasteiger partial charge on any atom is 0.225 e. The molecule has 2 aromatic heterocycles. The maximum atomic E-state index is 5.94. The van der Waals surface area contributed by atoms with Crippen LogP contribution in [0.2, 0.25) is 5.28 Å². The second-order valence-electron chi connectivity index (χ2n) is 5.78. The van der Waals surface area contributed by atoms with Crippen LogP contribution >= 0.6 is 23.4 Å². The quantitative estimate of drug-likeness (QED) is 0.560. The zero-order valence-corrected chi connectivity index (χ0v) is 13.6. The first-order valence-electron chi connectivity index (χ1n) is 6.58. The molecule has 0 saturated carbocycles. The van der Waals surface area contributed by atoms with Gasteiger partial charge in [-0.25, -0.2) is 9.97 Å². The molecule has 0 aliphatic rings. The van der Waals surface area contributed by atoms with E-state index in [1.807, 2.05) is 0 Å². The molecule has 0 saturated heterocycles. The number of aromatic amines is 1. The molecule has 0 atom stereocenters. The number of halogens is 1. The van der Waals surface area contributed by atoms with E-state index in [-0.39, 0.29) is 10.7 Å². The van der Waals surface area contributed by atoms with Crippen LogP contribution in [0, 0.1) is 0 Å². The summed E-state index contributed by atoms with van der Waals surface area (Å²) < 4.78 is 0. The van der Waals surface area contributed by atoms with Gasteiger partial charge in [0.1, 0.15) is 10.5 Å². The van der Waals surface area contributed by atoms with Gasteiger partial charge in [-0.1, -0.05) is 44.7 Å². The third-order valence-electron chi connectivity index (χ3n) is 3.16. The molecule has 108 valence electrons. The van der Waals surface area contributed by atoms with Gasteiger partial charge in [-0.15, -0.1) is 0 Å². The summed E-state index contributed by atoms with van der Waals surface area (Å²) in [6.45, 7) is 6.61. The Morgan fingerprint density at radius 3 is 2.48 bits per heavy atom. The molecule has 6 heteroatoms. The average Bonchev–Trinajstić information content (AvgIpc) is 2.86. The summed E-state index contributed by atoms with van der Waals surface area (Å²) in [5.41, 5.74) is 2.85. The number of nitrogens with zero attached hydrogens (tertiary/aromatic N) is 3. The van der Waals surface area contributed by atoms with Crippen LogP contribution in [0.15, 0.2) is 40.5 Å². The second kappa shape index (κ2) is 5.31. The van der Waals surface area contributed by atoms with Crippen molar-refractivity contribution in [2.45, 2.75) is 36.1 Å². The minimum Gasteiger partial charge on any atom is -0.341 e. The number of nitrogens with one attached hydrogen (secondary N) is 1. The molecule has 1 aromatic carbocycles. The summed E-state index contributed by atoms with van der Waals surface area (Å²) in [5, 5.41) is 0.995. The predicted octanol–water partition coefficient (Wildman–Crippen LogP) is 4.46. The summed E-state index contributed by atoms with van der Waals surface area (Å²) in [6.07, 6.45) is 1.60. The van der Waals surface area contributed by atoms with E-state index in [0.717, 1.165) is 15.4 Å². The molecule has 0 aliphatic heterocycles. The molecule has 4 nitrogen and oxygen atoms in total. The normalized spacial score (nSPS) is 12.0. The topological polar surface area (TPSA) is 54.5 Å². The molecule has 3 rings (SSSR count). The monoisotopic (exact) mass is 318 g/mol. The second-order valence-corrected chi connectivity index (χ2v) is 7.18. The number of aromatic nitrogens is 4. The van der Waals surface area contributed by atoms with Gasteiger partial charge in [0, 0.05) is 4.90 Å². The zero-order valence-electron chi connectivity index (χ0n) is 12.0. The Bertz CT molecular complexity index is 774. The molecule has 0 fully saturated rings. The van der Waals surface area contributed by atoms with Gasteiger partial charge in [0.25, 0.3) is 0 Å². The smallest absolute Gasteiger partial charge is 0.225 e. The highest BCUT2D eigenvalue weighted by atomic mass is 35.5. The van der Waals surface area contributed by atoms with Crippen molar-refractivity contribution in [2.75, 3.05) is 0 Å². The fourth-order valence-electron chi connectivity index (χ4n) is 1.99. The number of hydrogen-bond acceptors (Lipinski definition) is 4. The van der Waals surface area contributed by atoms with E-state index in [4.69, 9.17) is 11.6 Å². The van der Waals surface area contributed by atoms with Gasteiger partial charge in [0.2, 0.25) is 5.28 Å². The highest BCUT2D eigenvalue weighted by Crippen LogP contribution is 2.32. The van der Waals surface area contributed by atoms with Crippen LogP contribution in [0.3, 0.4) is 0 Å². The van der Waals surface area contributed by atoms with Gasteiger partial charge < -0.3 is 4.98 Å². The van der Waals surface area contributed by atoms with Gasteiger partial charge >= 0.3 is 0 Å². The van der Waals surface area contributed by atoms with Gasteiger partial charge in [0.15, 0.2) is 5.65 Å². The zero-order chi connectivity index (χ0) is 15.0. The molecule has 0 aliphatic carbocycles. The van der Waals surface area contributed by atoms with Gasteiger partial charge in [0.05, 0.1) is 6.33 Å². The first-order chi connectivity index (χ1) is 9.93. The molecular formula is C15H15ClN4S. The van der Waals surface area contributed by atoms with Crippen molar-refractivity contribution in [3.8, 4) is 0 Å². The molecule has 3 aromatic rings. The minimum absolute atomic E-state index is 0.151. The van der Waals surface area contributed by atoms with Crippen molar-refractivity contribution in [3.05, 3.63) is 41.4 Å². The first kappa shape index (κ1) is 14.4. The Labute approximate surface area is 132 Å². The number of hydrogen-bond donors (Lipinski definition) is 1. The lowest BCUT2D eigenvalue weighted by atomic mass is 9.87. The third-order valence-corrected chi connectivity index (χ3v) is 4.33. The van der Waals surface area contributed by atoms with E-state index in [1.54, 1.807) is 18.1 Å². The van der Waals surface area contributed by atoms with Crippen molar-refractivity contribution in [2.24, 2.45) is 0 Å². The summed E-state index contributed by atoms with van der Waals surface area (Å²) in [7, 11) is 0. The Balaban J connectivity index is 1.93. The molecule has 0 amide bonds. The van der Waals surface area contributed by atoms with Crippen LogP contribution in [0.5, 0.6) is 0 Å². The Morgan fingerprint density at radius 1 is 1.10 bits per heavy atom. The van der Waals surface area contributed by atoms with Crippen LogP contribution in [-0.4, -0.2) is 19.9 Å². The van der Waals surface area contributed by atoms with Crippen molar-refractivity contribution < 1.29 is 0 Å². The first-order valence-corrected chi connectivity index (χ1v) is 7.78. The summed E-state index contributed by atoms with van der Waals surface area (Å²) in [5.74, 6) is 0. The summed E-state index contributed by atoms with van der Waals surface area (Å²) in [6, 6.07) is 8.50. The minimum atomic E-state index is 0.151. The molecule has 2 heterocycles. The lowest BCUT2D eigenvalue weighted by Gasteiger charge is -2.19. The standard InChI is InChI=1S/C15H15ClN4S/c1-15(2,3)9-4-6-10(7-5-9)21-13-11-12(18-8-17-11)19-14(16)20-13/h4-8H,1-3H3,(H,17,18,19,20). The van der Waals surface area contributed by atoms with Crippen molar-refractivity contribution in [1.29, 1.82) is 0 Å². The SMILES string of the molecule is CC(C)(C)c1ccc(Sc2nc(Cl)nc3nc[nH]c23)cc1. The number of imidazole rings is 1. The number of fused-ring (bicyclic) bond motifs is 1. The van der Waals surface area contributed by atoms with E-state index in [2.05, 4.69) is 65.0 Å². The van der Waals surface area contributed by atoms with Crippen molar-refractivity contribution in [3.63, 3.8) is 0 Å². The molecule has 0 radical (unpaired) electrons. The number of rotatable bonds is 2. The highest BCUT2D eigenvalue weighted by Gasteiger charge is 2.14. The summed E-state index contributed by atoms with van der Waals surface area (Å²) in [4.78, 5) is 16.7. The molecule has 0 unspecified atom stereocenters. The fraction of sp³-hybridized carbons (Fsp3) is 0.267. The Hall–Kier alpha value is -1.59. The van der Waals surface area contributed by atoms with Crippen LogP contribution in [0.1, 0.15) is 26.3 Å². The van der Waals surface area contributed by atoms with Crippen molar-refractivity contribution >= 4 is 34.5 Å². The van der Waals surface area contributed by atoms with Crippen LogP contribution in [0.4, 0.5) is 0 Å². The van der Waals surface area contributed by atoms with E-state index >= 15 is 0 Å². The molecule has 0 spiro atoms. The summed E-state index contributed by atoms with van der Waals surface area (Å²) >= 11 is 7.49. The van der Waals surface area contributed by atoms with Crippen LogP contribution in [-0.2, 0) is 5.41 Å². The third kappa shape index (κ3) is 3.04. The predicted molar refractivity (Wildman–Crippen MR) is 86.0 cm³/mol. The largest absolute Gasteiger partial charge is 0.341 e. The molecule has 0 bridgehead atoms. The molecular weight excluding hydrogens is 304 g/mol. The van der Waals surface area contributed by atoms with Crippen molar-refractivity contribution in [1.82, 2.24) is 19.9 Å². The fourth-order valence-corrected chi connectivity index (χ4v) is 3.08. The molecule has 1 N–H and O–H groups in total.